The fourth-order valence-electron chi connectivity index (χ4n) is 3.08. The van der Waals surface area contributed by atoms with Crippen LogP contribution in [0.4, 0.5) is 5.69 Å². The van der Waals surface area contributed by atoms with Crippen molar-refractivity contribution in [3.63, 3.8) is 0 Å². The number of carbonyl (C=O) groups is 2. The summed E-state index contributed by atoms with van der Waals surface area (Å²) in [6.45, 7) is 4.13. The van der Waals surface area contributed by atoms with Crippen LogP contribution in [0.25, 0.3) is 0 Å². The van der Waals surface area contributed by atoms with Crippen LogP contribution in [-0.2, 0) is 9.59 Å². The van der Waals surface area contributed by atoms with E-state index in [4.69, 9.17) is 0 Å². The van der Waals surface area contributed by atoms with Crippen LogP contribution in [0.1, 0.15) is 26.7 Å². The first-order valence-corrected chi connectivity index (χ1v) is 6.67. The fraction of sp³-hybridized carbons (Fsp3) is 0.375. The Morgan fingerprint density at radius 2 is 1.37 bits per heavy atom. The van der Waals surface area contributed by atoms with E-state index in [1.54, 1.807) is 0 Å². The molecule has 0 N–H and O–H groups in total. The van der Waals surface area contributed by atoms with E-state index in [0.29, 0.717) is 5.69 Å². The lowest BCUT2D eigenvalue weighted by atomic mass is 9.78. The van der Waals surface area contributed by atoms with Gasteiger partial charge in [0.25, 0.3) is 0 Å². The standard InChI is InChI=1S/C16H17NO2/c1-10-8-13-14(9-11(10)2)16(19)17(15(13)18)12-6-4-3-5-7-12/h3-7,13-14H,8-9H2,1-2H3. The van der Waals surface area contributed by atoms with Crippen LogP contribution in [0.15, 0.2) is 41.5 Å². The number of nitrogens with zero attached hydrogens (tertiary/aromatic N) is 1. The SMILES string of the molecule is CC1=C(C)CC2C(=O)N(c3ccccc3)C(=O)C2C1. The quantitative estimate of drug-likeness (QED) is 0.571. The Kier molecular flexibility index (Phi) is 2.77. The molecule has 0 saturated carbocycles. The smallest absolute Gasteiger partial charge is 0.238 e. The molecule has 1 heterocycles. The molecule has 3 rings (SSSR count). The van der Waals surface area contributed by atoms with Crippen LogP contribution in [0, 0.1) is 11.8 Å². The van der Waals surface area contributed by atoms with Crippen LogP contribution in [0.5, 0.6) is 0 Å². The number of allylic oxidation sites excluding steroid dienone is 2. The van der Waals surface area contributed by atoms with Crippen LogP contribution in [0.2, 0.25) is 0 Å². The molecule has 3 nitrogen and oxygen atoms in total. The van der Waals surface area contributed by atoms with Gasteiger partial charge in [-0.2, -0.15) is 0 Å². The number of hydrogen-bond donors (Lipinski definition) is 0. The summed E-state index contributed by atoms with van der Waals surface area (Å²) in [6, 6.07) is 9.23. The summed E-state index contributed by atoms with van der Waals surface area (Å²) in [4.78, 5) is 26.3. The van der Waals surface area contributed by atoms with Gasteiger partial charge in [-0.05, 0) is 38.8 Å². The first kappa shape index (κ1) is 12.2. The normalized spacial score (nSPS) is 26.9. The second-order valence-electron chi connectivity index (χ2n) is 5.53. The van der Waals surface area contributed by atoms with E-state index in [1.165, 1.54) is 16.0 Å². The second-order valence-corrected chi connectivity index (χ2v) is 5.53. The molecule has 2 unspecified atom stereocenters. The van der Waals surface area contributed by atoms with E-state index in [1.807, 2.05) is 30.3 Å². The molecule has 0 radical (unpaired) electrons. The van der Waals surface area contributed by atoms with Crippen molar-refractivity contribution in [2.24, 2.45) is 11.8 Å². The highest BCUT2D eigenvalue weighted by molar-refractivity contribution is 6.22. The van der Waals surface area contributed by atoms with Gasteiger partial charge in [0.15, 0.2) is 0 Å². The van der Waals surface area contributed by atoms with Crippen molar-refractivity contribution >= 4 is 17.5 Å². The average molecular weight is 255 g/mol. The third-order valence-corrected chi connectivity index (χ3v) is 4.36. The van der Waals surface area contributed by atoms with Crippen LogP contribution in [0.3, 0.4) is 0 Å². The van der Waals surface area contributed by atoms with Gasteiger partial charge in [-0.15, -0.1) is 0 Å². The predicted molar refractivity (Wildman–Crippen MR) is 73.5 cm³/mol. The summed E-state index contributed by atoms with van der Waals surface area (Å²) >= 11 is 0. The van der Waals surface area contributed by atoms with Gasteiger partial charge < -0.3 is 0 Å². The highest BCUT2D eigenvalue weighted by atomic mass is 16.2. The Hall–Kier alpha value is -1.90. The van der Waals surface area contributed by atoms with Crippen molar-refractivity contribution in [3.05, 3.63) is 41.5 Å². The van der Waals surface area contributed by atoms with Gasteiger partial charge >= 0.3 is 0 Å². The van der Waals surface area contributed by atoms with Gasteiger partial charge in [0.05, 0.1) is 17.5 Å². The van der Waals surface area contributed by atoms with Crippen molar-refractivity contribution in [3.8, 4) is 0 Å². The molecule has 1 saturated heterocycles. The maximum Gasteiger partial charge on any atom is 0.238 e. The minimum atomic E-state index is -0.156. The number of para-hydroxylation sites is 1. The van der Waals surface area contributed by atoms with E-state index < -0.39 is 0 Å². The Morgan fingerprint density at radius 3 is 1.84 bits per heavy atom. The highest BCUT2D eigenvalue weighted by Gasteiger charge is 2.49. The maximum atomic E-state index is 12.5. The zero-order valence-electron chi connectivity index (χ0n) is 11.2. The molecule has 2 amide bonds. The molecule has 0 aromatic heterocycles. The number of imide groups is 1. The number of fused-ring (bicyclic) bond motifs is 1. The summed E-state index contributed by atoms with van der Waals surface area (Å²) in [7, 11) is 0. The van der Waals surface area contributed by atoms with Crippen LogP contribution < -0.4 is 4.90 Å². The number of rotatable bonds is 1. The predicted octanol–water partition coefficient (Wildman–Crippen LogP) is 2.92. The van der Waals surface area contributed by atoms with Gasteiger partial charge in [0, 0.05) is 0 Å². The Morgan fingerprint density at radius 1 is 0.895 bits per heavy atom. The zero-order valence-corrected chi connectivity index (χ0v) is 11.2. The fourth-order valence-corrected chi connectivity index (χ4v) is 3.08. The molecule has 0 spiro atoms. The molecule has 0 bridgehead atoms. The molecule has 1 aliphatic heterocycles. The molecule has 98 valence electrons. The molecule has 19 heavy (non-hydrogen) atoms. The summed E-state index contributed by atoms with van der Waals surface area (Å²) in [5, 5.41) is 0. The number of carbonyl (C=O) groups excluding carboxylic acids is 2. The summed E-state index contributed by atoms with van der Waals surface area (Å²) in [6.07, 6.45) is 1.45. The molecule has 3 heteroatoms. The van der Waals surface area contributed by atoms with Crippen molar-refractivity contribution in [1.82, 2.24) is 0 Å². The topological polar surface area (TPSA) is 37.4 Å². The molecular weight excluding hydrogens is 238 g/mol. The van der Waals surface area contributed by atoms with Crippen molar-refractivity contribution in [2.45, 2.75) is 26.7 Å². The molecule has 1 aromatic rings. The minimum Gasteiger partial charge on any atom is -0.274 e. The maximum absolute atomic E-state index is 12.5. The van der Waals surface area contributed by atoms with Crippen molar-refractivity contribution in [2.75, 3.05) is 4.90 Å². The van der Waals surface area contributed by atoms with Crippen molar-refractivity contribution in [1.29, 1.82) is 0 Å². The van der Waals surface area contributed by atoms with Gasteiger partial charge in [-0.1, -0.05) is 29.3 Å². The van der Waals surface area contributed by atoms with Gasteiger partial charge in [-0.3, -0.25) is 14.5 Å². The lowest BCUT2D eigenvalue weighted by Gasteiger charge is -2.23. The third-order valence-electron chi connectivity index (χ3n) is 4.36. The molecule has 2 aliphatic rings. The molecule has 2 atom stereocenters. The van der Waals surface area contributed by atoms with Gasteiger partial charge in [-0.25, -0.2) is 0 Å². The molecule has 1 fully saturated rings. The second kappa shape index (κ2) is 4.34. The lowest BCUT2D eigenvalue weighted by molar-refractivity contribution is -0.122. The van der Waals surface area contributed by atoms with E-state index in [0.717, 1.165) is 12.8 Å². The number of amides is 2. The van der Waals surface area contributed by atoms with E-state index in [2.05, 4.69) is 13.8 Å². The van der Waals surface area contributed by atoms with E-state index in [9.17, 15) is 9.59 Å². The van der Waals surface area contributed by atoms with Gasteiger partial charge in [0.2, 0.25) is 11.8 Å². The lowest BCUT2D eigenvalue weighted by Crippen LogP contribution is -2.30. The first-order valence-electron chi connectivity index (χ1n) is 6.67. The summed E-state index contributed by atoms with van der Waals surface area (Å²) < 4.78 is 0. The number of benzene rings is 1. The summed E-state index contributed by atoms with van der Waals surface area (Å²) in [5.74, 6) is -0.381. The Labute approximate surface area is 112 Å². The largest absolute Gasteiger partial charge is 0.274 e. The Bertz CT molecular complexity index is 542. The minimum absolute atomic E-state index is 0.0342. The Balaban J connectivity index is 1.97. The average Bonchev–Trinajstić information content (AvgIpc) is 2.64. The molecule has 1 aromatic carbocycles. The zero-order chi connectivity index (χ0) is 13.6. The number of anilines is 1. The van der Waals surface area contributed by atoms with E-state index >= 15 is 0 Å². The van der Waals surface area contributed by atoms with Crippen LogP contribution >= 0.6 is 0 Å². The molecule has 1 aliphatic carbocycles. The third kappa shape index (κ3) is 1.81. The van der Waals surface area contributed by atoms with Crippen molar-refractivity contribution < 1.29 is 9.59 Å². The molecular formula is C16H17NO2. The first-order chi connectivity index (χ1) is 9.09. The highest BCUT2D eigenvalue weighted by Crippen LogP contribution is 2.42. The number of hydrogen-bond acceptors (Lipinski definition) is 2. The van der Waals surface area contributed by atoms with Gasteiger partial charge in [0.1, 0.15) is 0 Å². The van der Waals surface area contributed by atoms with Crippen LogP contribution in [-0.4, -0.2) is 11.8 Å². The van der Waals surface area contributed by atoms with E-state index in [-0.39, 0.29) is 23.7 Å². The summed E-state index contributed by atoms with van der Waals surface area (Å²) in [5.41, 5.74) is 3.22. The monoisotopic (exact) mass is 255 g/mol.